The number of sulfone groups is 1. The number of benzene rings is 1. The minimum Gasteiger partial charge on any atom is -0.229 e. The van der Waals surface area contributed by atoms with E-state index in [2.05, 4.69) is 0 Å². The number of fused-ring (bicyclic) bond motifs is 1. The second-order valence-corrected chi connectivity index (χ2v) is 4.81. The predicted octanol–water partition coefficient (Wildman–Crippen LogP) is 1.31. The van der Waals surface area contributed by atoms with Crippen molar-refractivity contribution in [2.24, 2.45) is 0 Å². The molecule has 2 nitrogen and oxygen atoms in total. The molecular weight excluding hydrogens is 179 g/mol. The van der Waals surface area contributed by atoms with Crippen LogP contribution in [0.3, 0.4) is 0 Å². The summed E-state index contributed by atoms with van der Waals surface area (Å²) in [6.45, 7) is 0. The standard InChI is InChI=1S/C8H7FO2S/c9-8-5-6-3-1-2-4-7(6)12(8,10)11/h1-4,8H,5H2. The van der Waals surface area contributed by atoms with Crippen LogP contribution in [0.2, 0.25) is 0 Å². The highest BCUT2D eigenvalue weighted by atomic mass is 32.2. The van der Waals surface area contributed by atoms with E-state index in [1.165, 1.54) is 6.07 Å². The Balaban J connectivity index is 2.72. The average molecular weight is 186 g/mol. The molecule has 0 amide bonds. The summed E-state index contributed by atoms with van der Waals surface area (Å²) in [7, 11) is -3.65. The van der Waals surface area contributed by atoms with E-state index in [1.807, 2.05) is 0 Å². The zero-order valence-electron chi connectivity index (χ0n) is 6.20. The Morgan fingerprint density at radius 1 is 1.33 bits per heavy atom. The lowest BCUT2D eigenvalue weighted by molar-refractivity contribution is 0.428. The molecule has 1 heterocycles. The third kappa shape index (κ3) is 0.876. The second-order valence-electron chi connectivity index (χ2n) is 2.77. The van der Waals surface area contributed by atoms with E-state index in [4.69, 9.17) is 0 Å². The lowest BCUT2D eigenvalue weighted by atomic mass is 10.2. The zero-order chi connectivity index (χ0) is 8.77. The maximum Gasteiger partial charge on any atom is 0.210 e. The van der Waals surface area contributed by atoms with E-state index in [-0.39, 0.29) is 11.3 Å². The van der Waals surface area contributed by atoms with E-state index in [0.29, 0.717) is 5.56 Å². The van der Waals surface area contributed by atoms with Gasteiger partial charge in [0.1, 0.15) is 0 Å². The summed E-state index contributed by atoms with van der Waals surface area (Å²) >= 11 is 0. The smallest absolute Gasteiger partial charge is 0.210 e. The molecule has 64 valence electrons. The Morgan fingerprint density at radius 3 is 2.67 bits per heavy atom. The minimum atomic E-state index is -3.65. The number of hydrogen-bond donors (Lipinski definition) is 0. The number of hydrogen-bond acceptors (Lipinski definition) is 2. The van der Waals surface area contributed by atoms with Gasteiger partial charge < -0.3 is 0 Å². The van der Waals surface area contributed by atoms with Gasteiger partial charge in [-0.3, -0.25) is 0 Å². The van der Waals surface area contributed by atoms with Gasteiger partial charge in [0.2, 0.25) is 15.3 Å². The molecule has 0 aromatic heterocycles. The number of halogens is 1. The summed E-state index contributed by atoms with van der Waals surface area (Å²) in [6.07, 6.45) is -0.00148. The van der Waals surface area contributed by atoms with Crippen LogP contribution in [0.4, 0.5) is 4.39 Å². The maximum atomic E-state index is 12.9. The molecule has 0 saturated heterocycles. The normalized spacial score (nSPS) is 25.2. The molecule has 12 heavy (non-hydrogen) atoms. The molecule has 0 bridgehead atoms. The average Bonchev–Trinajstić information content (AvgIpc) is 2.25. The van der Waals surface area contributed by atoms with Crippen molar-refractivity contribution in [3.05, 3.63) is 29.8 Å². The Kier molecular flexibility index (Phi) is 1.48. The molecule has 1 aromatic carbocycles. The van der Waals surface area contributed by atoms with Crippen LogP contribution >= 0.6 is 0 Å². The summed E-state index contributed by atoms with van der Waals surface area (Å²) in [4.78, 5) is 0.150. The summed E-state index contributed by atoms with van der Waals surface area (Å²) < 4.78 is 35.3. The van der Waals surface area contributed by atoms with E-state index >= 15 is 0 Å². The molecular formula is C8H7FO2S. The summed E-state index contributed by atoms with van der Waals surface area (Å²) in [5, 5.41) is 0. The Bertz CT molecular complexity index is 411. The Labute approximate surface area is 69.9 Å². The van der Waals surface area contributed by atoms with Gasteiger partial charge in [-0.1, -0.05) is 18.2 Å². The molecule has 0 N–H and O–H groups in total. The van der Waals surface area contributed by atoms with E-state index in [0.717, 1.165) is 0 Å². The van der Waals surface area contributed by atoms with Crippen LogP contribution in [0, 0.1) is 0 Å². The van der Waals surface area contributed by atoms with Gasteiger partial charge in [0.15, 0.2) is 0 Å². The zero-order valence-corrected chi connectivity index (χ0v) is 7.01. The molecule has 1 aliphatic heterocycles. The first-order valence-corrected chi connectivity index (χ1v) is 5.13. The lowest BCUT2D eigenvalue weighted by Crippen LogP contribution is -2.09. The fourth-order valence-electron chi connectivity index (χ4n) is 1.37. The van der Waals surface area contributed by atoms with Crippen LogP contribution in [0.5, 0.6) is 0 Å². The van der Waals surface area contributed by atoms with Gasteiger partial charge in [-0.2, -0.15) is 0 Å². The molecule has 0 spiro atoms. The Hall–Kier alpha value is -0.900. The van der Waals surface area contributed by atoms with Crippen molar-refractivity contribution in [2.45, 2.75) is 16.8 Å². The molecule has 0 saturated carbocycles. The predicted molar refractivity (Wildman–Crippen MR) is 42.2 cm³/mol. The molecule has 1 aliphatic rings. The van der Waals surface area contributed by atoms with Gasteiger partial charge in [0.25, 0.3) is 0 Å². The summed E-state index contributed by atoms with van der Waals surface area (Å²) in [6, 6.07) is 6.41. The highest BCUT2D eigenvalue weighted by molar-refractivity contribution is 7.92. The van der Waals surface area contributed by atoms with Crippen LogP contribution in [0.1, 0.15) is 5.56 Å². The van der Waals surface area contributed by atoms with Crippen molar-refractivity contribution in [2.75, 3.05) is 0 Å². The number of rotatable bonds is 0. The van der Waals surface area contributed by atoms with Gasteiger partial charge in [0.05, 0.1) is 4.90 Å². The molecule has 2 rings (SSSR count). The van der Waals surface area contributed by atoms with Gasteiger partial charge in [0, 0.05) is 6.42 Å². The third-order valence-corrected chi connectivity index (χ3v) is 3.85. The maximum absolute atomic E-state index is 12.9. The van der Waals surface area contributed by atoms with Crippen LogP contribution < -0.4 is 0 Å². The first-order chi connectivity index (χ1) is 5.62. The fraction of sp³-hybridized carbons (Fsp3) is 0.250. The van der Waals surface area contributed by atoms with Crippen molar-refractivity contribution < 1.29 is 12.8 Å². The molecule has 1 unspecified atom stereocenters. The van der Waals surface area contributed by atoms with Crippen molar-refractivity contribution in [1.82, 2.24) is 0 Å². The van der Waals surface area contributed by atoms with E-state index < -0.39 is 15.3 Å². The molecule has 0 aliphatic carbocycles. The van der Waals surface area contributed by atoms with Crippen molar-refractivity contribution >= 4 is 9.84 Å². The van der Waals surface area contributed by atoms with Gasteiger partial charge in [-0.05, 0) is 11.6 Å². The van der Waals surface area contributed by atoms with Crippen molar-refractivity contribution in [3.63, 3.8) is 0 Å². The van der Waals surface area contributed by atoms with Crippen LogP contribution in [-0.4, -0.2) is 13.9 Å². The summed E-state index contributed by atoms with van der Waals surface area (Å²) in [5.74, 6) is 0. The fourth-order valence-corrected chi connectivity index (χ4v) is 2.83. The van der Waals surface area contributed by atoms with Gasteiger partial charge in [-0.15, -0.1) is 0 Å². The number of alkyl halides is 1. The van der Waals surface area contributed by atoms with Crippen molar-refractivity contribution in [3.8, 4) is 0 Å². The second kappa shape index (κ2) is 2.29. The molecule has 1 aromatic rings. The van der Waals surface area contributed by atoms with Gasteiger partial charge >= 0.3 is 0 Å². The van der Waals surface area contributed by atoms with E-state index in [1.54, 1.807) is 18.2 Å². The molecule has 4 heteroatoms. The van der Waals surface area contributed by atoms with Crippen molar-refractivity contribution in [1.29, 1.82) is 0 Å². The monoisotopic (exact) mass is 186 g/mol. The SMILES string of the molecule is O=S1(=O)c2ccccc2CC1F. The van der Waals surface area contributed by atoms with Gasteiger partial charge in [-0.25, -0.2) is 12.8 Å². The molecule has 0 fully saturated rings. The van der Waals surface area contributed by atoms with Crippen LogP contribution in [-0.2, 0) is 16.3 Å². The highest BCUT2D eigenvalue weighted by Crippen LogP contribution is 2.31. The van der Waals surface area contributed by atoms with Crippen LogP contribution in [0.15, 0.2) is 29.2 Å². The largest absolute Gasteiger partial charge is 0.229 e. The quantitative estimate of drug-likeness (QED) is 0.612. The molecule has 0 radical (unpaired) electrons. The first-order valence-electron chi connectivity index (χ1n) is 3.58. The van der Waals surface area contributed by atoms with Crippen LogP contribution in [0.25, 0.3) is 0 Å². The van der Waals surface area contributed by atoms with E-state index in [9.17, 15) is 12.8 Å². The highest BCUT2D eigenvalue weighted by Gasteiger charge is 2.36. The first kappa shape index (κ1) is 7.73. The summed E-state index contributed by atoms with van der Waals surface area (Å²) in [5.41, 5.74) is -1.15. The lowest BCUT2D eigenvalue weighted by Gasteiger charge is -1.96. The molecule has 1 atom stereocenters. The topological polar surface area (TPSA) is 34.1 Å². The Morgan fingerprint density at radius 2 is 2.00 bits per heavy atom. The minimum absolute atomic E-state index is 0.00148. The third-order valence-electron chi connectivity index (χ3n) is 2.00.